The number of rotatable bonds is 6. The number of carbonyl (C=O) groups is 1. The van der Waals surface area contributed by atoms with E-state index in [2.05, 4.69) is 10.1 Å². The second-order valence-electron chi connectivity index (χ2n) is 4.74. The number of alkyl halides is 3. The van der Waals surface area contributed by atoms with Crippen LogP contribution in [0, 0.1) is 0 Å². The third-order valence-corrected chi connectivity index (χ3v) is 2.94. The summed E-state index contributed by atoms with van der Waals surface area (Å²) in [4.78, 5) is 11.3. The molecule has 116 valence electrons. The van der Waals surface area contributed by atoms with Gasteiger partial charge in [-0.2, -0.15) is 13.2 Å². The highest BCUT2D eigenvalue weighted by molar-refractivity contribution is 5.94. The van der Waals surface area contributed by atoms with Crippen molar-refractivity contribution in [2.24, 2.45) is 0 Å². The van der Waals surface area contributed by atoms with Crippen molar-refractivity contribution in [1.29, 1.82) is 0 Å². The summed E-state index contributed by atoms with van der Waals surface area (Å²) in [5.41, 5.74) is 1.78. The second kappa shape index (κ2) is 6.80. The number of carbonyl (C=O) groups excluding carboxylic acids is 1. The summed E-state index contributed by atoms with van der Waals surface area (Å²) in [5, 5.41) is 2.76. The van der Waals surface area contributed by atoms with E-state index in [1.807, 2.05) is 6.07 Å². The average Bonchev–Trinajstić information content (AvgIpc) is 2.41. The molecule has 0 saturated heterocycles. The Balaban J connectivity index is 1.72. The molecule has 0 radical (unpaired) electrons. The topological polar surface area (TPSA) is 47.6 Å². The maximum absolute atomic E-state index is 11.8. The normalized spacial score (nSPS) is 14.5. The van der Waals surface area contributed by atoms with Gasteiger partial charge in [-0.1, -0.05) is 6.07 Å². The first kappa shape index (κ1) is 15.6. The van der Waals surface area contributed by atoms with E-state index in [0.29, 0.717) is 25.0 Å². The van der Waals surface area contributed by atoms with E-state index in [0.717, 1.165) is 11.3 Å². The van der Waals surface area contributed by atoms with Crippen LogP contribution in [0.1, 0.15) is 18.4 Å². The summed E-state index contributed by atoms with van der Waals surface area (Å²) in [7, 11) is 0. The summed E-state index contributed by atoms with van der Waals surface area (Å²) in [6.45, 7) is -0.996. The maximum Gasteiger partial charge on any atom is 0.411 e. The molecule has 0 unspecified atom stereocenters. The smallest absolute Gasteiger partial charge is 0.411 e. The van der Waals surface area contributed by atoms with Gasteiger partial charge in [-0.15, -0.1) is 0 Å². The van der Waals surface area contributed by atoms with Gasteiger partial charge in [0.15, 0.2) is 0 Å². The molecule has 1 heterocycles. The zero-order valence-electron chi connectivity index (χ0n) is 11.3. The van der Waals surface area contributed by atoms with E-state index in [1.54, 1.807) is 12.1 Å². The minimum atomic E-state index is -4.29. The predicted molar refractivity (Wildman–Crippen MR) is 70.4 cm³/mol. The molecule has 0 aromatic heterocycles. The Morgan fingerprint density at radius 3 is 2.76 bits per heavy atom. The van der Waals surface area contributed by atoms with Gasteiger partial charge in [-0.05, 0) is 18.1 Å². The molecule has 0 aliphatic carbocycles. The lowest BCUT2D eigenvalue weighted by atomic mass is 10.0. The van der Waals surface area contributed by atoms with E-state index in [-0.39, 0.29) is 19.1 Å². The number of aryl methyl sites for hydroxylation is 1. The maximum atomic E-state index is 11.8. The highest BCUT2D eigenvalue weighted by Gasteiger charge is 2.27. The summed E-state index contributed by atoms with van der Waals surface area (Å²) in [5.74, 6) is 0.548. The fraction of sp³-hybridized carbons (Fsp3) is 0.500. The second-order valence-corrected chi connectivity index (χ2v) is 4.74. The van der Waals surface area contributed by atoms with Crippen LogP contribution in [0.3, 0.4) is 0 Å². The Kier molecular flexibility index (Phi) is 5.06. The van der Waals surface area contributed by atoms with Crippen molar-refractivity contribution in [2.45, 2.75) is 25.4 Å². The van der Waals surface area contributed by atoms with Gasteiger partial charge in [0, 0.05) is 24.6 Å². The largest absolute Gasteiger partial charge is 0.493 e. The zero-order valence-corrected chi connectivity index (χ0v) is 11.3. The lowest BCUT2D eigenvalue weighted by Crippen LogP contribution is -2.19. The number of halogens is 3. The average molecular weight is 303 g/mol. The molecule has 0 fully saturated rings. The minimum absolute atomic E-state index is 0.0127. The third kappa shape index (κ3) is 5.26. The first-order valence-electron chi connectivity index (χ1n) is 6.64. The predicted octanol–water partition coefficient (Wildman–Crippen LogP) is 2.92. The zero-order chi connectivity index (χ0) is 15.3. The van der Waals surface area contributed by atoms with Crippen LogP contribution in [0.15, 0.2) is 18.2 Å². The Morgan fingerprint density at radius 1 is 1.19 bits per heavy atom. The van der Waals surface area contributed by atoms with E-state index in [1.165, 1.54) is 0 Å². The van der Waals surface area contributed by atoms with Crippen molar-refractivity contribution < 1.29 is 27.4 Å². The standard InChI is InChI=1S/C14H16F3NO3/c15-14(16,17)9-20-6-1-7-21-11-4-2-10-3-5-13(19)18-12(10)8-11/h2,4,8H,1,3,5-7,9H2,(H,18,19). The van der Waals surface area contributed by atoms with Crippen LogP contribution in [-0.4, -0.2) is 31.9 Å². The Morgan fingerprint density at radius 2 is 2.00 bits per heavy atom. The van der Waals surface area contributed by atoms with Gasteiger partial charge >= 0.3 is 6.18 Å². The van der Waals surface area contributed by atoms with Crippen LogP contribution in [0.2, 0.25) is 0 Å². The number of benzene rings is 1. The first-order valence-corrected chi connectivity index (χ1v) is 6.64. The molecular formula is C14H16F3NO3. The molecule has 0 bridgehead atoms. The van der Waals surface area contributed by atoms with Crippen LogP contribution < -0.4 is 10.1 Å². The van der Waals surface area contributed by atoms with Crippen LogP contribution in [0.4, 0.5) is 18.9 Å². The van der Waals surface area contributed by atoms with E-state index >= 15 is 0 Å². The molecule has 0 spiro atoms. The van der Waals surface area contributed by atoms with Gasteiger partial charge in [-0.25, -0.2) is 0 Å². The monoisotopic (exact) mass is 303 g/mol. The van der Waals surface area contributed by atoms with E-state index < -0.39 is 12.8 Å². The number of fused-ring (bicyclic) bond motifs is 1. The number of nitrogens with one attached hydrogen (secondary N) is 1. The molecule has 0 saturated carbocycles. The van der Waals surface area contributed by atoms with Crippen LogP contribution >= 0.6 is 0 Å². The first-order chi connectivity index (χ1) is 9.94. The summed E-state index contributed by atoms with van der Waals surface area (Å²) in [6.07, 6.45) is -2.76. The van der Waals surface area contributed by atoms with Crippen molar-refractivity contribution >= 4 is 11.6 Å². The third-order valence-electron chi connectivity index (χ3n) is 2.94. The highest BCUT2D eigenvalue weighted by atomic mass is 19.4. The number of anilines is 1. The molecular weight excluding hydrogens is 287 g/mol. The number of amides is 1. The number of hydrogen-bond donors (Lipinski definition) is 1. The molecule has 1 aliphatic rings. The Hall–Kier alpha value is -1.76. The van der Waals surface area contributed by atoms with Crippen molar-refractivity contribution in [3.8, 4) is 5.75 Å². The SMILES string of the molecule is O=C1CCc2ccc(OCCCOCC(F)(F)F)cc2N1. The van der Waals surface area contributed by atoms with Gasteiger partial charge in [-0.3, -0.25) is 4.79 Å². The molecule has 1 aliphatic heterocycles. The van der Waals surface area contributed by atoms with Crippen molar-refractivity contribution in [1.82, 2.24) is 0 Å². The fourth-order valence-electron chi connectivity index (χ4n) is 1.98. The highest BCUT2D eigenvalue weighted by Crippen LogP contribution is 2.27. The van der Waals surface area contributed by atoms with Crippen molar-refractivity contribution in [3.63, 3.8) is 0 Å². The van der Waals surface area contributed by atoms with Gasteiger partial charge < -0.3 is 14.8 Å². The van der Waals surface area contributed by atoms with E-state index in [9.17, 15) is 18.0 Å². The van der Waals surface area contributed by atoms with Crippen molar-refractivity contribution in [2.75, 3.05) is 25.1 Å². The van der Waals surface area contributed by atoms with Gasteiger partial charge in [0.05, 0.1) is 13.2 Å². The molecule has 2 rings (SSSR count). The molecule has 1 N–H and O–H groups in total. The summed E-state index contributed by atoms with van der Waals surface area (Å²) < 4.78 is 45.4. The van der Waals surface area contributed by atoms with Crippen LogP contribution in [0.5, 0.6) is 5.75 Å². The van der Waals surface area contributed by atoms with Gasteiger partial charge in [0.25, 0.3) is 0 Å². The Labute approximate surface area is 120 Å². The van der Waals surface area contributed by atoms with Gasteiger partial charge in [0.1, 0.15) is 12.4 Å². The Bertz CT molecular complexity index is 503. The lowest BCUT2D eigenvalue weighted by Gasteiger charge is -2.17. The minimum Gasteiger partial charge on any atom is -0.493 e. The van der Waals surface area contributed by atoms with Crippen LogP contribution in [0.25, 0.3) is 0 Å². The molecule has 1 aromatic carbocycles. The molecule has 7 heteroatoms. The van der Waals surface area contributed by atoms with Crippen molar-refractivity contribution in [3.05, 3.63) is 23.8 Å². The number of ether oxygens (including phenoxy) is 2. The fourth-order valence-corrected chi connectivity index (χ4v) is 1.98. The molecule has 21 heavy (non-hydrogen) atoms. The molecule has 0 atom stereocenters. The molecule has 1 aromatic rings. The molecule has 4 nitrogen and oxygen atoms in total. The van der Waals surface area contributed by atoms with Gasteiger partial charge in [0.2, 0.25) is 5.91 Å². The quantitative estimate of drug-likeness (QED) is 0.822. The summed E-state index contributed by atoms with van der Waals surface area (Å²) >= 11 is 0. The summed E-state index contributed by atoms with van der Waals surface area (Å²) in [6, 6.07) is 5.39. The number of hydrogen-bond acceptors (Lipinski definition) is 3. The van der Waals surface area contributed by atoms with Crippen LogP contribution in [-0.2, 0) is 16.0 Å². The molecule has 1 amide bonds. The lowest BCUT2D eigenvalue weighted by molar-refractivity contribution is -0.174. The van der Waals surface area contributed by atoms with E-state index in [4.69, 9.17) is 4.74 Å².